The zero-order chi connectivity index (χ0) is 13.8. The van der Waals surface area contributed by atoms with Crippen LogP contribution in [0.25, 0.3) is 0 Å². The molecule has 100 valence electrons. The first-order chi connectivity index (χ1) is 9.10. The average molecular weight is 342 g/mol. The fourth-order valence-corrected chi connectivity index (χ4v) is 2.98. The van der Waals surface area contributed by atoms with Crippen molar-refractivity contribution in [2.24, 2.45) is 5.84 Å². The van der Waals surface area contributed by atoms with Crippen LogP contribution >= 0.6 is 27.3 Å². The second-order valence-electron chi connectivity index (χ2n) is 3.83. The highest BCUT2D eigenvalue weighted by atomic mass is 79.9. The molecule has 0 saturated carbocycles. The van der Waals surface area contributed by atoms with Crippen LogP contribution < -0.4 is 11.3 Å². The average Bonchev–Trinajstić information content (AvgIpc) is 2.83. The van der Waals surface area contributed by atoms with Gasteiger partial charge in [0.1, 0.15) is 5.69 Å². The van der Waals surface area contributed by atoms with E-state index in [1.807, 2.05) is 11.4 Å². The van der Waals surface area contributed by atoms with Crippen LogP contribution in [0.1, 0.15) is 15.4 Å². The number of hydrogen-bond acceptors (Lipinski definition) is 6. The van der Waals surface area contributed by atoms with Gasteiger partial charge in [-0.25, -0.2) is 10.8 Å². The number of aromatic nitrogens is 2. The molecule has 2 aromatic rings. The van der Waals surface area contributed by atoms with Crippen LogP contribution in [0.4, 0.5) is 5.82 Å². The summed E-state index contributed by atoms with van der Waals surface area (Å²) >= 11 is 4.97. The van der Waals surface area contributed by atoms with Gasteiger partial charge in [0, 0.05) is 21.8 Å². The lowest BCUT2D eigenvalue weighted by Crippen LogP contribution is -2.27. The van der Waals surface area contributed by atoms with Crippen molar-refractivity contribution in [1.82, 2.24) is 14.9 Å². The highest BCUT2D eigenvalue weighted by molar-refractivity contribution is 9.10. The maximum absolute atomic E-state index is 12.2. The Balaban J connectivity index is 2.09. The van der Waals surface area contributed by atoms with Gasteiger partial charge >= 0.3 is 0 Å². The van der Waals surface area contributed by atoms with Crippen LogP contribution in [0.2, 0.25) is 0 Å². The molecule has 2 rings (SSSR count). The molecule has 2 aromatic heterocycles. The van der Waals surface area contributed by atoms with E-state index in [9.17, 15) is 4.79 Å². The first-order valence-electron chi connectivity index (χ1n) is 5.37. The van der Waals surface area contributed by atoms with Crippen LogP contribution in [-0.2, 0) is 6.54 Å². The van der Waals surface area contributed by atoms with E-state index < -0.39 is 0 Å². The second-order valence-corrected chi connectivity index (χ2v) is 5.74. The summed E-state index contributed by atoms with van der Waals surface area (Å²) in [6.45, 7) is 0.525. The number of rotatable bonds is 4. The minimum atomic E-state index is -0.200. The molecule has 8 heteroatoms. The number of nitrogen functional groups attached to an aromatic ring is 1. The smallest absolute Gasteiger partial charge is 0.274 e. The summed E-state index contributed by atoms with van der Waals surface area (Å²) in [5.41, 5.74) is 2.62. The van der Waals surface area contributed by atoms with Gasteiger partial charge in [-0.2, -0.15) is 0 Å². The summed E-state index contributed by atoms with van der Waals surface area (Å²) in [7, 11) is 1.72. The van der Waals surface area contributed by atoms with Crippen LogP contribution in [0, 0.1) is 0 Å². The SMILES string of the molecule is CN(Cc1cc(Br)cs1)C(=O)c1cncc(NN)n1. The van der Waals surface area contributed by atoms with E-state index in [4.69, 9.17) is 5.84 Å². The molecule has 0 aromatic carbocycles. The molecule has 2 heterocycles. The first-order valence-corrected chi connectivity index (χ1v) is 7.04. The molecule has 3 N–H and O–H groups in total. The zero-order valence-electron chi connectivity index (χ0n) is 10.1. The minimum absolute atomic E-state index is 0.200. The molecule has 0 spiro atoms. The number of nitrogens with one attached hydrogen (secondary N) is 1. The van der Waals surface area contributed by atoms with Crippen LogP contribution in [0.3, 0.4) is 0 Å². The number of carbonyl (C=O) groups is 1. The normalized spacial score (nSPS) is 10.3. The van der Waals surface area contributed by atoms with E-state index in [0.717, 1.165) is 9.35 Å². The molecule has 0 aliphatic heterocycles. The zero-order valence-corrected chi connectivity index (χ0v) is 12.5. The summed E-state index contributed by atoms with van der Waals surface area (Å²) in [4.78, 5) is 22.8. The second kappa shape index (κ2) is 6.09. The van der Waals surface area contributed by atoms with Crippen molar-refractivity contribution >= 4 is 39.0 Å². The van der Waals surface area contributed by atoms with Crippen molar-refractivity contribution in [1.29, 1.82) is 0 Å². The molecule has 0 aliphatic carbocycles. The Morgan fingerprint density at radius 2 is 2.37 bits per heavy atom. The van der Waals surface area contributed by atoms with E-state index in [1.165, 1.54) is 12.4 Å². The molecule has 0 unspecified atom stereocenters. The fourth-order valence-electron chi connectivity index (χ4n) is 1.48. The molecular weight excluding hydrogens is 330 g/mol. The molecule has 0 fully saturated rings. The Morgan fingerprint density at radius 3 is 3.00 bits per heavy atom. The predicted octanol–water partition coefficient (Wildman–Crippen LogP) is 1.86. The minimum Gasteiger partial charge on any atom is -0.335 e. The molecule has 0 saturated heterocycles. The summed E-state index contributed by atoms with van der Waals surface area (Å²) in [5, 5.41) is 1.98. The van der Waals surface area contributed by atoms with E-state index in [0.29, 0.717) is 12.4 Å². The molecular formula is C11H12BrN5OS. The van der Waals surface area contributed by atoms with Gasteiger partial charge in [0.25, 0.3) is 5.91 Å². The number of thiophene rings is 1. The summed E-state index contributed by atoms with van der Waals surface area (Å²) in [6.07, 6.45) is 2.87. The van der Waals surface area contributed by atoms with Crippen LogP contribution in [0.5, 0.6) is 0 Å². The monoisotopic (exact) mass is 341 g/mol. The van der Waals surface area contributed by atoms with Gasteiger partial charge in [0.2, 0.25) is 0 Å². The number of nitrogens with two attached hydrogens (primary N) is 1. The number of carbonyl (C=O) groups excluding carboxylic acids is 1. The third-order valence-corrected chi connectivity index (χ3v) is 4.05. The molecule has 0 radical (unpaired) electrons. The molecule has 0 atom stereocenters. The van der Waals surface area contributed by atoms with E-state index in [2.05, 4.69) is 31.3 Å². The van der Waals surface area contributed by atoms with Crippen LogP contribution in [0.15, 0.2) is 28.3 Å². The molecule has 1 amide bonds. The Kier molecular flexibility index (Phi) is 4.46. The lowest BCUT2D eigenvalue weighted by molar-refractivity contribution is 0.0780. The van der Waals surface area contributed by atoms with Crippen molar-refractivity contribution in [3.05, 3.63) is 38.9 Å². The molecule has 6 nitrogen and oxygen atoms in total. The Morgan fingerprint density at radius 1 is 1.58 bits per heavy atom. The fraction of sp³-hybridized carbons (Fsp3) is 0.182. The number of hydrogen-bond donors (Lipinski definition) is 2. The van der Waals surface area contributed by atoms with Gasteiger partial charge < -0.3 is 10.3 Å². The lowest BCUT2D eigenvalue weighted by Gasteiger charge is -2.15. The predicted molar refractivity (Wildman–Crippen MR) is 77.7 cm³/mol. The molecule has 0 aliphatic rings. The maximum atomic E-state index is 12.2. The van der Waals surface area contributed by atoms with Crippen molar-refractivity contribution in [2.45, 2.75) is 6.54 Å². The van der Waals surface area contributed by atoms with E-state index in [1.54, 1.807) is 23.3 Å². The van der Waals surface area contributed by atoms with Crippen molar-refractivity contribution in [3.63, 3.8) is 0 Å². The van der Waals surface area contributed by atoms with Gasteiger partial charge in [0.05, 0.1) is 18.9 Å². The Bertz CT molecular complexity index is 588. The number of hydrazine groups is 1. The number of anilines is 1. The third kappa shape index (κ3) is 3.49. The summed E-state index contributed by atoms with van der Waals surface area (Å²) in [6, 6.07) is 1.98. The molecule has 0 bridgehead atoms. The quantitative estimate of drug-likeness (QED) is 0.654. The van der Waals surface area contributed by atoms with Gasteiger partial charge in [-0.1, -0.05) is 0 Å². The topological polar surface area (TPSA) is 84.1 Å². The maximum Gasteiger partial charge on any atom is 0.274 e. The highest BCUT2D eigenvalue weighted by Gasteiger charge is 2.15. The van der Waals surface area contributed by atoms with Gasteiger partial charge in [-0.3, -0.25) is 9.78 Å². The van der Waals surface area contributed by atoms with Crippen LogP contribution in [-0.4, -0.2) is 27.8 Å². The number of nitrogens with zero attached hydrogens (tertiary/aromatic N) is 3. The van der Waals surface area contributed by atoms with Crippen molar-refractivity contribution in [3.8, 4) is 0 Å². The Hall–Kier alpha value is -1.51. The first kappa shape index (κ1) is 13.9. The largest absolute Gasteiger partial charge is 0.335 e. The number of amides is 1. The van der Waals surface area contributed by atoms with E-state index >= 15 is 0 Å². The lowest BCUT2D eigenvalue weighted by atomic mass is 10.3. The number of halogens is 1. The Labute approximate surface area is 122 Å². The van der Waals surface area contributed by atoms with Gasteiger partial charge in [-0.05, 0) is 22.0 Å². The van der Waals surface area contributed by atoms with Gasteiger partial charge in [0.15, 0.2) is 5.82 Å². The highest BCUT2D eigenvalue weighted by Crippen LogP contribution is 2.21. The van der Waals surface area contributed by atoms with E-state index in [-0.39, 0.29) is 11.6 Å². The van der Waals surface area contributed by atoms with Gasteiger partial charge in [-0.15, -0.1) is 11.3 Å². The molecule has 19 heavy (non-hydrogen) atoms. The summed E-state index contributed by atoms with van der Waals surface area (Å²) < 4.78 is 1.02. The summed E-state index contributed by atoms with van der Waals surface area (Å²) in [5.74, 6) is 5.40. The third-order valence-electron chi connectivity index (χ3n) is 2.36. The van der Waals surface area contributed by atoms with Crippen molar-refractivity contribution < 1.29 is 4.79 Å². The standard InChI is InChI=1S/C11H12BrN5OS/c1-17(5-8-2-7(12)6-19-8)11(18)9-3-14-4-10(15-9)16-13/h2-4,6H,5,13H2,1H3,(H,15,16). The van der Waals surface area contributed by atoms with Crippen molar-refractivity contribution in [2.75, 3.05) is 12.5 Å².